The number of sulfonamides is 1. The van der Waals surface area contributed by atoms with Crippen LogP contribution in [0.1, 0.15) is 25.2 Å². The van der Waals surface area contributed by atoms with Gasteiger partial charge in [-0.05, 0) is 44.0 Å². The average Bonchev–Trinajstić information content (AvgIpc) is 3.36. The molecule has 2 heterocycles. The Morgan fingerprint density at radius 1 is 1.28 bits per heavy atom. The van der Waals surface area contributed by atoms with E-state index in [0.29, 0.717) is 24.8 Å². The van der Waals surface area contributed by atoms with E-state index >= 15 is 0 Å². The van der Waals surface area contributed by atoms with E-state index in [4.69, 9.17) is 4.42 Å². The number of anilines is 1. The smallest absolute Gasteiger partial charge is 0.236 e. The van der Waals surface area contributed by atoms with Crippen molar-refractivity contribution < 1.29 is 17.9 Å². The van der Waals surface area contributed by atoms with Crippen LogP contribution in [0, 0.1) is 0 Å². The van der Waals surface area contributed by atoms with Crippen LogP contribution in [0.15, 0.2) is 52.1 Å². The predicted octanol–water partition coefficient (Wildman–Crippen LogP) is 1.43. The molecule has 0 saturated heterocycles. The van der Waals surface area contributed by atoms with Crippen molar-refractivity contribution in [3.8, 4) is 0 Å². The molecule has 158 valence electrons. The third-order valence-corrected chi connectivity index (χ3v) is 6.54. The third kappa shape index (κ3) is 5.10. The summed E-state index contributed by atoms with van der Waals surface area (Å²) >= 11 is 0. The zero-order valence-corrected chi connectivity index (χ0v) is 17.6. The van der Waals surface area contributed by atoms with Gasteiger partial charge >= 0.3 is 0 Å². The van der Waals surface area contributed by atoms with E-state index in [0.717, 1.165) is 17.7 Å². The molecule has 1 atom stereocenters. The lowest BCUT2D eigenvalue weighted by Crippen LogP contribution is -2.42. The fourth-order valence-electron chi connectivity index (χ4n) is 3.24. The Kier molecular flexibility index (Phi) is 6.49. The topological polar surface area (TPSA) is 107 Å². The number of nitrogens with one attached hydrogen (secondary N) is 2. The molecule has 29 heavy (non-hydrogen) atoms. The molecule has 1 unspecified atom stereocenters. The first-order valence-corrected chi connectivity index (χ1v) is 11.3. The summed E-state index contributed by atoms with van der Waals surface area (Å²) in [5.41, 5.74) is 0.568. The molecule has 1 aromatic carbocycles. The molecule has 3 rings (SSSR count). The van der Waals surface area contributed by atoms with Gasteiger partial charge in [0, 0.05) is 19.6 Å². The van der Waals surface area contributed by atoms with Gasteiger partial charge in [-0.1, -0.05) is 18.2 Å². The number of benzene rings is 1. The summed E-state index contributed by atoms with van der Waals surface area (Å²) in [6.45, 7) is 4.90. The molecule has 0 spiro atoms. The summed E-state index contributed by atoms with van der Waals surface area (Å²) in [7, 11) is -3.44. The second-order valence-corrected chi connectivity index (χ2v) is 9.15. The van der Waals surface area contributed by atoms with Gasteiger partial charge in [0.05, 0.1) is 24.2 Å². The summed E-state index contributed by atoms with van der Waals surface area (Å²) in [6.07, 6.45) is 2.23. The van der Waals surface area contributed by atoms with Crippen molar-refractivity contribution in [3.63, 3.8) is 0 Å². The Morgan fingerprint density at radius 3 is 2.79 bits per heavy atom. The number of aliphatic imine (C=N–C) groups is 1. The molecule has 1 aliphatic rings. The fourth-order valence-corrected chi connectivity index (χ4v) is 4.67. The lowest BCUT2D eigenvalue weighted by atomic mass is 10.0. The van der Waals surface area contributed by atoms with E-state index in [2.05, 4.69) is 15.6 Å². The first kappa shape index (κ1) is 21.2. The minimum Gasteiger partial charge on any atom is -0.466 e. The maximum absolute atomic E-state index is 12.8. The Bertz CT molecular complexity index is 939. The lowest BCUT2D eigenvalue weighted by molar-refractivity contribution is 0.0437. The standard InChI is InChI=1S/C20H28N4O4S/c1-3-21-19(23-15-20(2,25)18-9-6-13-28-18)22-11-14-29(26,27)24-12-10-16-7-4-5-8-17(16)24/h4-9,13,25H,3,10-12,14-15H2,1-2H3,(H2,21,22,23). The van der Waals surface area contributed by atoms with Crippen LogP contribution in [-0.2, 0) is 22.0 Å². The molecule has 0 fully saturated rings. The van der Waals surface area contributed by atoms with Crippen molar-refractivity contribution in [1.29, 1.82) is 0 Å². The molecule has 0 saturated carbocycles. The molecular formula is C20H28N4O4S. The van der Waals surface area contributed by atoms with Gasteiger partial charge in [0.1, 0.15) is 11.4 Å². The van der Waals surface area contributed by atoms with Gasteiger partial charge in [-0.2, -0.15) is 0 Å². The minimum absolute atomic E-state index is 0.0552. The molecule has 0 bridgehead atoms. The first-order chi connectivity index (χ1) is 13.8. The highest BCUT2D eigenvalue weighted by Gasteiger charge is 2.29. The van der Waals surface area contributed by atoms with Gasteiger partial charge in [-0.25, -0.2) is 13.4 Å². The fraction of sp³-hybridized carbons (Fsp3) is 0.450. The van der Waals surface area contributed by atoms with Crippen molar-refractivity contribution >= 4 is 21.7 Å². The van der Waals surface area contributed by atoms with E-state index < -0.39 is 15.6 Å². The first-order valence-electron chi connectivity index (χ1n) is 9.70. The number of nitrogens with zero attached hydrogens (tertiary/aromatic N) is 2. The number of aliphatic hydroxyl groups is 1. The molecule has 0 amide bonds. The molecule has 2 aromatic rings. The van der Waals surface area contributed by atoms with Crippen LogP contribution in [0.5, 0.6) is 0 Å². The SMILES string of the molecule is CCNC(=NCC(C)(O)c1ccco1)NCCS(=O)(=O)N1CCc2ccccc21. The highest BCUT2D eigenvalue weighted by Crippen LogP contribution is 2.29. The normalized spacial score (nSPS) is 16.4. The van der Waals surface area contributed by atoms with Gasteiger partial charge in [-0.15, -0.1) is 0 Å². The van der Waals surface area contributed by atoms with Crippen LogP contribution < -0.4 is 14.9 Å². The predicted molar refractivity (Wildman–Crippen MR) is 114 cm³/mol. The molecule has 0 aliphatic carbocycles. The second-order valence-electron chi connectivity index (χ2n) is 7.14. The summed E-state index contributed by atoms with van der Waals surface area (Å²) < 4.78 is 32.3. The molecule has 0 radical (unpaired) electrons. The van der Waals surface area contributed by atoms with Crippen LogP contribution in [0.4, 0.5) is 5.69 Å². The number of fused-ring (bicyclic) bond motifs is 1. The largest absolute Gasteiger partial charge is 0.466 e. The summed E-state index contributed by atoms with van der Waals surface area (Å²) in [5.74, 6) is 0.809. The molecule has 3 N–H and O–H groups in total. The highest BCUT2D eigenvalue weighted by molar-refractivity contribution is 7.92. The van der Waals surface area contributed by atoms with E-state index in [-0.39, 0.29) is 18.8 Å². The number of rotatable bonds is 8. The van der Waals surface area contributed by atoms with Crippen molar-refractivity contribution in [1.82, 2.24) is 10.6 Å². The second kappa shape index (κ2) is 8.87. The van der Waals surface area contributed by atoms with Crippen molar-refractivity contribution in [2.45, 2.75) is 25.9 Å². The Labute approximate surface area is 171 Å². The van der Waals surface area contributed by atoms with Crippen molar-refractivity contribution in [3.05, 3.63) is 54.0 Å². The maximum Gasteiger partial charge on any atom is 0.236 e. The third-order valence-electron chi connectivity index (χ3n) is 4.77. The number of furan rings is 1. The Balaban J connectivity index is 1.59. The Hall–Kier alpha value is -2.52. The van der Waals surface area contributed by atoms with Crippen molar-refractivity contribution in [2.75, 3.05) is 36.2 Å². The summed E-state index contributed by atoms with van der Waals surface area (Å²) in [4.78, 5) is 4.37. The van der Waals surface area contributed by atoms with E-state index in [1.54, 1.807) is 19.1 Å². The van der Waals surface area contributed by atoms with Crippen molar-refractivity contribution in [2.24, 2.45) is 4.99 Å². The average molecular weight is 421 g/mol. The minimum atomic E-state index is -3.44. The van der Waals surface area contributed by atoms with Gasteiger partial charge in [0.25, 0.3) is 0 Å². The van der Waals surface area contributed by atoms with Gasteiger partial charge < -0.3 is 20.2 Å². The van der Waals surface area contributed by atoms with Crippen LogP contribution in [0.2, 0.25) is 0 Å². The van der Waals surface area contributed by atoms with E-state index in [1.807, 2.05) is 31.2 Å². The zero-order valence-electron chi connectivity index (χ0n) is 16.8. The molecule has 9 heteroatoms. The van der Waals surface area contributed by atoms with Crippen LogP contribution >= 0.6 is 0 Å². The van der Waals surface area contributed by atoms with Gasteiger partial charge in [-0.3, -0.25) is 4.31 Å². The summed E-state index contributed by atoms with van der Waals surface area (Å²) in [5, 5.41) is 16.6. The zero-order chi connectivity index (χ0) is 20.9. The number of hydrogen-bond acceptors (Lipinski definition) is 5. The molecule has 1 aromatic heterocycles. The quantitative estimate of drug-likeness (QED) is 0.441. The maximum atomic E-state index is 12.8. The lowest BCUT2D eigenvalue weighted by Gasteiger charge is -2.21. The number of hydrogen-bond donors (Lipinski definition) is 3. The van der Waals surface area contributed by atoms with E-state index in [1.165, 1.54) is 10.6 Å². The Morgan fingerprint density at radius 2 is 2.07 bits per heavy atom. The number of para-hydroxylation sites is 1. The highest BCUT2D eigenvalue weighted by atomic mass is 32.2. The van der Waals surface area contributed by atoms with Gasteiger partial charge in [0.2, 0.25) is 10.0 Å². The van der Waals surface area contributed by atoms with Crippen LogP contribution in [0.3, 0.4) is 0 Å². The molecule has 8 nitrogen and oxygen atoms in total. The molecular weight excluding hydrogens is 392 g/mol. The van der Waals surface area contributed by atoms with Crippen LogP contribution in [0.25, 0.3) is 0 Å². The summed E-state index contributed by atoms with van der Waals surface area (Å²) in [6, 6.07) is 11.0. The monoisotopic (exact) mass is 420 g/mol. The van der Waals surface area contributed by atoms with E-state index in [9.17, 15) is 13.5 Å². The molecule has 1 aliphatic heterocycles. The van der Waals surface area contributed by atoms with Gasteiger partial charge in [0.15, 0.2) is 5.96 Å². The van der Waals surface area contributed by atoms with Crippen LogP contribution in [-0.4, -0.2) is 51.4 Å². The number of guanidine groups is 1.